The second-order valence-electron chi connectivity index (χ2n) is 6.98. The highest BCUT2D eigenvalue weighted by molar-refractivity contribution is 5.85. The highest BCUT2D eigenvalue weighted by Gasteiger charge is 2.48. The first-order valence-corrected chi connectivity index (χ1v) is 8.56. The zero-order chi connectivity index (χ0) is 14.9. The first-order valence-electron chi connectivity index (χ1n) is 8.56. The Bertz CT molecular complexity index is 384. The van der Waals surface area contributed by atoms with Gasteiger partial charge in [0.05, 0.1) is 11.6 Å². The lowest BCUT2D eigenvalue weighted by Gasteiger charge is -2.37. The number of nitrogens with one attached hydrogen (secondary N) is 1. The molecule has 3 fully saturated rings. The molecule has 120 valence electrons. The fourth-order valence-electron chi connectivity index (χ4n) is 4.05. The summed E-state index contributed by atoms with van der Waals surface area (Å²) in [5.41, 5.74) is 5.28. The molecule has 0 spiro atoms. The summed E-state index contributed by atoms with van der Waals surface area (Å²) in [6.07, 6.45) is 7.94. The molecule has 0 aromatic carbocycles. The van der Waals surface area contributed by atoms with E-state index in [1.54, 1.807) is 0 Å². The molecule has 0 aromatic rings. The van der Waals surface area contributed by atoms with Crippen molar-refractivity contribution in [3.63, 3.8) is 0 Å². The van der Waals surface area contributed by atoms with Crippen LogP contribution in [-0.2, 0) is 9.53 Å². The van der Waals surface area contributed by atoms with Gasteiger partial charge in [0, 0.05) is 25.2 Å². The van der Waals surface area contributed by atoms with Crippen LogP contribution >= 0.6 is 0 Å². The topological polar surface area (TPSA) is 67.6 Å². The molecule has 1 amide bonds. The second kappa shape index (κ2) is 6.23. The Labute approximate surface area is 127 Å². The quantitative estimate of drug-likeness (QED) is 0.767. The number of nitrogens with two attached hydrogens (primary N) is 1. The van der Waals surface area contributed by atoms with E-state index in [1.165, 1.54) is 25.7 Å². The third-order valence-corrected chi connectivity index (χ3v) is 5.35. The summed E-state index contributed by atoms with van der Waals surface area (Å²) in [4.78, 5) is 14.5. The molecule has 3 rings (SSSR count). The molecule has 3 N–H and O–H groups in total. The lowest BCUT2D eigenvalue weighted by Crippen LogP contribution is -2.56. The Morgan fingerprint density at radius 2 is 2.19 bits per heavy atom. The van der Waals surface area contributed by atoms with Gasteiger partial charge in [-0.05, 0) is 58.4 Å². The molecule has 0 bridgehead atoms. The fourth-order valence-corrected chi connectivity index (χ4v) is 4.05. The highest BCUT2D eigenvalue weighted by Crippen LogP contribution is 2.37. The van der Waals surface area contributed by atoms with E-state index in [4.69, 9.17) is 10.5 Å². The van der Waals surface area contributed by atoms with Crippen LogP contribution < -0.4 is 11.1 Å². The van der Waals surface area contributed by atoms with Crippen LogP contribution in [0.2, 0.25) is 0 Å². The fraction of sp³-hybridized carbons (Fsp3) is 0.938. The van der Waals surface area contributed by atoms with Gasteiger partial charge in [0.2, 0.25) is 5.91 Å². The normalized spacial score (nSPS) is 37.8. The third-order valence-electron chi connectivity index (χ3n) is 5.35. The molecule has 2 saturated carbocycles. The maximum atomic E-state index is 12.0. The minimum Gasteiger partial charge on any atom is -0.377 e. The SMILES string of the molecule is CCOC1CCCN(C2CCC(NC3CC3)(C(N)=O)C2)C1. The van der Waals surface area contributed by atoms with Crippen molar-refractivity contribution >= 4 is 5.91 Å². The van der Waals surface area contributed by atoms with Crippen LogP contribution in [0, 0.1) is 0 Å². The lowest BCUT2D eigenvalue weighted by molar-refractivity contribution is -0.124. The van der Waals surface area contributed by atoms with Crippen molar-refractivity contribution in [2.45, 2.75) is 75.6 Å². The zero-order valence-corrected chi connectivity index (χ0v) is 13.1. The van der Waals surface area contributed by atoms with Gasteiger partial charge in [-0.1, -0.05) is 0 Å². The van der Waals surface area contributed by atoms with E-state index < -0.39 is 5.54 Å². The van der Waals surface area contributed by atoms with Crippen molar-refractivity contribution in [2.75, 3.05) is 19.7 Å². The first-order chi connectivity index (χ1) is 10.1. The molecule has 21 heavy (non-hydrogen) atoms. The number of primary amides is 1. The summed E-state index contributed by atoms with van der Waals surface area (Å²) < 4.78 is 5.80. The van der Waals surface area contributed by atoms with Gasteiger partial charge in [-0.2, -0.15) is 0 Å². The van der Waals surface area contributed by atoms with Crippen molar-refractivity contribution in [1.29, 1.82) is 0 Å². The van der Waals surface area contributed by atoms with E-state index in [1.807, 2.05) is 0 Å². The average molecular weight is 295 g/mol. The standard InChI is InChI=1S/C16H29N3O2/c1-2-21-14-4-3-9-19(11-14)13-7-8-16(10-13,15(17)20)18-12-5-6-12/h12-14,18H,2-11H2,1H3,(H2,17,20). The number of carbonyl (C=O) groups is 1. The molecule has 1 heterocycles. The van der Waals surface area contributed by atoms with Crippen LogP contribution in [-0.4, -0.2) is 54.2 Å². The van der Waals surface area contributed by atoms with Crippen molar-refractivity contribution < 1.29 is 9.53 Å². The van der Waals surface area contributed by atoms with Crippen LogP contribution in [0.15, 0.2) is 0 Å². The molecule has 0 aromatic heterocycles. The van der Waals surface area contributed by atoms with Gasteiger partial charge in [-0.25, -0.2) is 0 Å². The van der Waals surface area contributed by atoms with Crippen LogP contribution in [0.25, 0.3) is 0 Å². The zero-order valence-electron chi connectivity index (χ0n) is 13.1. The summed E-state index contributed by atoms with van der Waals surface area (Å²) in [7, 11) is 0. The van der Waals surface area contributed by atoms with E-state index >= 15 is 0 Å². The van der Waals surface area contributed by atoms with E-state index in [-0.39, 0.29) is 5.91 Å². The molecular weight excluding hydrogens is 266 g/mol. The first kappa shape index (κ1) is 15.3. The maximum Gasteiger partial charge on any atom is 0.237 e. The van der Waals surface area contributed by atoms with E-state index in [2.05, 4.69) is 17.1 Å². The van der Waals surface area contributed by atoms with Gasteiger partial charge < -0.3 is 15.8 Å². The minimum atomic E-state index is -0.454. The number of hydrogen-bond acceptors (Lipinski definition) is 4. The van der Waals surface area contributed by atoms with Gasteiger partial charge in [0.1, 0.15) is 0 Å². The van der Waals surface area contributed by atoms with Crippen molar-refractivity contribution in [3.05, 3.63) is 0 Å². The molecule has 1 aliphatic heterocycles. The smallest absolute Gasteiger partial charge is 0.237 e. The average Bonchev–Trinajstić information content (AvgIpc) is 3.16. The molecule has 3 aliphatic rings. The number of carbonyl (C=O) groups excluding carboxylic acids is 1. The number of amides is 1. The number of rotatable bonds is 6. The molecule has 2 aliphatic carbocycles. The van der Waals surface area contributed by atoms with Crippen LogP contribution in [0.5, 0.6) is 0 Å². The lowest BCUT2D eigenvalue weighted by atomic mass is 9.95. The minimum absolute atomic E-state index is 0.157. The Balaban J connectivity index is 1.60. The number of ether oxygens (including phenoxy) is 1. The Morgan fingerprint density at radius 1 is 1.38 bits per heavy atom. The largest absolute Gasteiger partial charge is 0.377 e. The Hall–Kier alpha value is -0.650. The summed E-state index contributed by atoms with van der Waals surface area (Å²) in [6.45, 7) is 4.99. The molecule has 3 unspecified atom stereocenters. The molecule has 1 saturated heterocycles. The monoisotopic (exact) mass is 295 g/mol. The van der Waals surface area contributed by atoms with Gasteiger partial charge in [-0.3, -0.25) is 9.69 Å². The summed E-state index contributed by atoms with van der Waals surface area (Å²) in [5.74, 6) is -0.157. The van der Waals surface area contributed by atoms with E-state index in [0.29, 0.717) is 18.2 Å². The number of hydrogen-bond donors (Lipinski definition) is 2. The van der Waals surface area contributed by atoms with Crippen molar-refractivity contribution in [1.82, 2.24) is 10.2 Å². The Morgan fingerprint density at radius 3 is 2.86 bits per heavy atom. The van der Waals surface area contributed by atoms with Crippen LogP contribution in [0.4, 0.5) is 0 Å². The Kier molecular flexibility index (Phi) is 4.52. The summed E-state index contributed by atoms with van der Waals surface area (Å²) in [6, 6.07) is 1.00. The predicted molar refractivity (Wildman–Crippen MR) is 81.9 cm³/mol. The molecule has 5 nitrogen and oxygen atoms in total. The van der Waals surface area contributed by atoms with Gasteiger partial charge in [-0.15, -0.1) is 0 Å². The van der Waals surface area contributed by atoms with E-state index in [9.17, 15) is 4.79 Å². The summed E-state index contributed by atoms with van der Waals surface area (Å²) >= 11 is 0. The molecular formula is C16H29N3O2. The molecule has 3 atom stereocenters. The maximum absolute atomic E-state index is 12.0. The van der Waals surface area contributed by atoms with E-state index in [0.717, 1.165) is 39.0 Å². The van der Waals surface area contributed by atoms with Crippen molar-refractivity contribution in [2.24, 2.45) is 5.73 Å². The van der Waals surface area contributed by atoms with Crippen molar-refractivity contribution in [3.8, 4) is 0 Å². The summed E-state index contributed by atoms with van der Waals surface area (Å²) in [5, 5.41) is 3.54. The molecule has 0 radical (unpaired) electrons. The second-order valence-corrected chi connectivity index (χ2v) is 6.98. The third kappa shape index (κ3) is 3.41. The number of likely N-dealkylation sites (tertiary alicyclic amines) is 1. The van der Waals surface area contributed by atoms with Gasteiger partial charge in [0.15, 0.2) is 0 Å². The predicted octanol–water partition coefficient (Wildman–Crippen LogP) is 1.02. The van der Waals surface area contributed by atoms with Crippen LogP contribution in [0.3, 0.4) is 0 Å². The highest BCUT2D eigenvalue weighted by atomic mass is 16.5. The number of nitrogens with zero attached hydrogens (tertiary/aromatic N) is 1. The van der Waals surface area contributed by atoms with Gasteiger partial charge >= 0.3 is 0 Å². The van der Waals surface area contributed by atoms with Crippen LogP contribution in [0.1, 0.15) is 51.9 Å². The van der Waals surface area contributed by atoms with Gasteiger partial charge in [0.25, 0.3) is 0 Å². The molecule has 5 heteroatoms. The number of piperidine rings is 1.